The molecule has 1 N–H and O–H groups in total. The fraction of sp³-hybridized carbons (Fsp3) is 0.0417. The van der Waals surface area contributed by atoms with Crippen molar-refractivity contribution in [3.63, 3.8) is 0 Å². The summed E-state index contributed by atoms with van der Waals surface area (Å²) >= 11 is 12.0. The zero-order valence-electron chi connectivity index (χ0n) is 18.0. The van der Waals surface area contributed by atoms with E-state index >= 15 is 0 Å². The van der Waals surface area contributed by atoms with Crippen LogP contribution in [0.15, 0.2) is 66.2 Å². The maximum absolute atomic E-state index is 12.6. The molecular formula is C24H15Cl2N3O6. The minimum absolute atomic E-state index is 0.0779. The smallest absolute Gasteiger partial charge is 0.343 e. The van der Waals surface area contributed by atoms with Crippen molar-refractivity contribution in [1.29, 1.82) is 5.26 Å². The van der Waals surface area contributed by atoms with Crippen molar-refractivity contribution >= 4 is 52.5 Å². The number of anilines is 1. The van der Waals surface area contributed by atoms with E-state index in [-0.39, 0.29) is 38.5 Å². The summed E-state index contributed by atoms with van der Waals surface area (Å²) in [6.07, 6.45) is 1.27. The molecule has 0 aliphatic rings. The molecule has 3 aromatic carbocycles. The molecule has 0 heterocycles. The highest BCUT2D eigenvalue weighted by atomic mass is 35.5. The molecule has 0 spiro atoms. The predicted molar refractivity (Wildman–Crippen MR) is 130 cm³/mol. The van der Waals surface area contributed by atoms with Gasteiger partial charge >= 0.3 is 5.97 Å². The fourth-order valence-corrected chi connectivity index (χ4v) is 3.44. The average Bonchev–Trinajstić information content (AvgIpc) is 2.85. The molecule has 0 unspecified atom stereocenters. The number of nitrogens with zero attached hydrogens (tertiary/aromatic N) is 2. The number of hydrogen-bond acceptors (Lipinski definition) is 7. The molecule has 0 bridgehead atoms. The number of nitro groups is 1. The highest BCUT2D eigenvalue weighted by Gasteiger charge is 2.19. The molecule has 9 nitrogen and oxygen atoms in total. The number of nitriles is 1. The van der Waals surface area contributed by atoms with Gasteiger partial charge in [-0.15, -0.1) is 0 Å². The molecule has 3 rings (SSSR count). The van der Waals surface area contributed by atoms with Crippen molar-refractivity contribution in [1.82, 2.24) is 0 Å². The van der Waals surface area contributed by atoms with Crippen molar-refractivity contribution < 1.29 is 24.0 Å². The quantitative estimate of drug-likeness (QED) is 0.108. The fourth-order valence-electron chi connectivity index (χ4n) is 2.87. The molecule has 0 aromatic heterocycles. The third-order valence-corrected chi connectivity index (χ3v) is 5.15. The van der Waals surface area contributed by atoms with E-state index in [2.05, 4.69) is 5.32 Å². The predicted octanol–water partition coefficient (Wildman–Crippen LogP) is 5.68. The van der Waals surface area contributed by atoms with Crippen molar-refractivity contribution in [2.24, 2.45) is 0 Å². The minimum Gasteiger partial charge on any atom is -0.493 e. The number of non-ortho nitro benzene ring substituents is 1. The number of methoxy groups -OCH3 is 1. The van der Waals surface area contributed by atoms with Gasteiger partial charge < -0.3 is 14.8 Å². The largest absolute Gasteiger partial charge is 0.493 e. The molecule has 176 valence electrons. The Morgan fingerprint density at radius 2 is 1.71 bits per heavy atom. The highest BCUT2D eigenvalue weighted by Crippen LogP contribution is 2.35. The number of nitrogens with one attached hydrogen (secondary N) is 1. The van der Waals surface area contributed by atoms with E-state index in [0.717, 1.165) is 12.1 Å². The molecule has 35 heavy (non-hydrogen) atoms. The van der Waals surface area contributed by atoms with Crippen LogP contribution in [0.5, 0.6) is 11.5 Å². The van der Waals surface area contributed by atoms with Crippen LogP contribution in [-0.4, -0.2) is 23.9 Å². The van der Waals surface area contributed by atoms with Gasteiger partial charge in [-0.3, -0.25) is 14.9 Å². The van der Waals surface area contributed by atoms with E-state index in [0.29, 0.717) is 11.1 Å². The number of amides is 1. The number of hydrogen-bond donors (Lipinski definition) is 1. The van der Waals surface area contributed by atoms with E-state index in [1.807, 2.05) is 0 Å². The zero-order chi connectivity index (χ0) is 25.5. The van der Waals surface area contributed by atoms with E-state index in [1.54, 1.807) is 36.4 Å². The highest BCUT2D eigenvalue weighted by molar-refractivity contribution is 6.40. The summed E-state index contributed by atoms with van der Waals surface area (Å²) in [7, 11) is 1.37. The third-order valence-electron chi connectivity index (χ3n) is 4.55. The summed E-state index contributed by atoms with van der Waals surface area (Å²) in [6.45, 7) is 0. The standard InChI is InChI=1S/C24H15Cl2N3O6/c1-34-21-10-14(7-8-20(21)35-24(31)15-5-3-2-4-6-15)9-16(13-27)23(30)28-22-18(25)11-17(29(32)33)12-19(22)26/h2-12H,1H3,(H,28,30)/b16-9+. The van der Waals surface area contributed by atoms with Crippen molar-refractivity contribution in [2.75, 3.05) is 12.4 Å². The maximum Gasteiger partial charge on any atom is 0.343 e. The van der Waals surface area contributed by atoms with Gasteiger partial charge in [0.1, 0.15) is 11.6 Å². The lowest BCUT2D eigenvalue weighted by molar-refractivity contribution is -0.384. The number of esters is 1. The molecule has 0 fully saturated rings. The van der Waals surface area contributed by atoms with Crippen molar-refractivity contribution in [3.8, 4) is 17.6 Å². The van der Waals surface area contributed by atoms with Gasteiger partial charge in [0.15, 0.2) is 11.5 Å². The van der Waals surface area contributed by atoms with Crippen LogP contribution in [0.1, 0.15) is 15.9 Å². The molecule has 0 radical (unpaired) electrons. The van der Waals surface area contributed by atoms with Gasteiger partial charge in [0.05, 0.1) is 33.3 Å². The molecule has 3 aromatic rings. The first-order chi connectivity index (χ1) is 16.7. The van der Waals surface area contributed by atoms with Crippen LogP contribution < -0.4 is 14.8 Å². The number of carbonyl (C=O) groups is 2. The second kappa shape index (κ2) is 11.2. The zero-order valence-corrected chi connectivity index (χ0v) is 19.5. The Balaban J connectivity index is 1.83. The van der Waals surface area contributed by atoms with Gasteiger partial charge in [-0.25, -0.2) is 4.79 Å². The Morgan fingerprint density at radius 3 is 2.29 bits per heavy atom. The second-order valence-corrected chi connectivity index (χ2v) is 7.65. The SMILES string of the molecule is COc1cc(/C=C(\C#N)C(=O)Nc2c(Cl)cc([N+](=O)[O-])cc2Cl)ccc1OC(=O)c1ccccc1. The Kier molecular flexibility index (Phi) is 8.04. The molecule has 0 aliphatic carbocycles. The lowest BCUT2D eigenvalue weighted by Crippen LogP contribution is -2.14. The first kappa shape index (κ1) is 25.2. The van der Waals surface area contributed by atoms with Gasteiger partial charge in [-0.1, -0.05) is 47.5 Å². The van der Waals surface area contributed by atoms with Crippen LogP contribution in [0, 0.1) is 21.4 Å². The molecule has 11 heteroatoms. The summed E-state index contributed by atoms with van der Waals surface area (Å²) in [4.78, 5) is 35.2. The Hall–Kier alpha value is -4.39. The van der Waals surface area contributed by atoms with Gasteiger partial charge in [0, 0.05) is 12.1 Å². The Bertz CT molecular complexity index is 1360. The molecule has 0 atom stereocenters. The minimum atomic E-state index is -0.844. The number of rotatable bonds is 7. The summed E-state index contributed by atoms with van der Waals surface area (Å²) < 4.78 is 10.7. The summed E-state index contributed by atoms with van der Waals surface area (Å²) in [5, 5.41) is 22.4. The lowest BCUT2D eigenvalue weighted by Gasteiger charge is -2.11. The van der Waals surface area contributed by atoms with Gasteiger partial charge in [-0.2, -0.15) is 5.26 Å². The first-order valence-corrected chi connectivity index (χ1v) is 10.5. The van der Waals surface area contributed by atoms with Crippen LogP contribution >= 0.6 is 23.2 Å². The van der Waals surface area contributed by atoms with Crippen LogP contribution in [0.2, 0.25) is 10.0 Å². The summed E-state index contributed by atoms with van der Waals surface area (Å²) in [5.74, 6) is -1.09. The number of nitro benzene ring substituents is 1. The summed E-state index contributed by atoms with van der Waals surface area (Å²) in [6, 6.07) is 16.7. The third kappa shape index (κ3) is 6.14. The van der Waals surface area contributed by atoms with E-state index in [9.17, 15) is 25.0 Å². The van der Waals surface area contributed by atoms with Gasteiger partial charge in [0.25, 0.3) is 11.6 Å². The normalized spacial score (nSPS) is 10.7. The molecule has 0 aliphatic heterocycles. The average molecular weight is 512 g/mol. The number of carbonyl (C=O) groups excluding carboxylic acids is 2. The molecule has 0 saturated heterocycles. The van der Waals surface area contributed by atoms with E-state index < -0.39 is 16.8 Å². The topological polar surface area (TPSA) is 132 Å². The van der Waals surface area contributed by atoms with Crippen LogP contribution in [-0.2, 0) is 4.79 Å². The molecule has 0 saturated carbocycles. The number of benzene rings is 3. The van der Waals surface area contributed by atoms with Crippen LogP contribution in [0.3, 0.4) is 0 Å². The van der Waals surface area contributed by atoms with Crippen molar-refractivity contribution in [3.05, 3.63) is 97.5 Å². The van der Waals surface area contributed by atoms with E-state index in [1.165, 1.54) is 31.4 Å². The van der Waals surface area contributed by atoms with Gasteiger partial charge in [0.2, 0.25) is 0 Å². The number of ether oxygens (including phenoxy) is 2. The van der Waals surface area contributed by atoms with Crippen LogP contribution in [0.25, 0.3) is 6.08 Å². The number of halogens is 2. The maximum atomic E-state index is 12.6. The first-order valence-electron chi connectivity index (χ1n) is 9.75. The van der Waals surface area contributed by atoms with Crippen LogP contribution in [0.4, 0.5) is 11.4 Å². The summed E-state index contributed by atoms with van der Waals surface area (Å²) in [5.41, 5.74) is 0.00563. The molecule has 1 amide bonds. The van der Waals surface area contributed by atoms with Crippen molar-refractivity contribution in [2.45, 2.75) is 0 Å². The lowest BCUT2D eigenvalue weighted by atomic mass is 10.1. The van der Waals surface area contributed by atoms with Gasteiger partial charge in [-0.05, 0) is 35.9 Å². The Labute approximate surface area is 209 Å². The monoisotopic (exact) mass is 511 g/mol. The Morgan fingerprint density at radius 1 is 1.06 bits per heavy atom. The molecular weight excluding hydrogens is 497 g/mol. The second-order valence-electron chi connectivity index (χ2n) is 6.83. The van der Waals surface area contributed by atoms with E-state index in [4.69, 9.17) is 32.7 Å².